The topological polar surface area (TPSA) is 48.0 Å². The summed E-state index contributed by atoms with van der Waals surface area (Å²) in [6.07, 6.45) is -0.284. The third-order valence-electron chi connectivity index (χ3n) is 3.48. The van der Waals surface area contributed by atoms with Crippen molar-refractivity contribution in [3.63, 3.8) is 0 Å². The Morgan fingerprint density at radius 2 is 1.78 bits per heavy atom. The molecule has 2 atom stereocenters. The fourth-order valence-corrected chi connectivity index (χ4v) is 2.32. The third-order valence-corrected chi connectivity index (χ3v) is 4.67. The Morgan fingerprint density at radius 3 is 2.13 bits per heavy atom. The minimum absolute atomic E-state index is 0.0324. The molecule has 0 N–H and O–H groups in total. The lowest BCUT2D eigenvalue weighted by atomic mass is 10.1. The number of halogens is 1. The molecule has 1 amide bonds. The van der Waals surface area contributed by atoms with Gasteiger partial charge in [0.2, 0.25) is 0 Å². The summed E-state index contributed by atoms with van der Waals surface area (Å²) >= 11 is 3.50. The van der Waals surface area contributed by atoms with Gasteiger partial charge < -0.3 is 19.1 Å². The van der Waals surface area contributed by atoms with Crippen LogP contribution in [0.3, 0.4) is 0 Å². The molecule has 138 valence electrons. The summed E-state index contributed by atoms with van der Waals surface area (Å²) in [5.41, 5.74) is -1.01. The van der Waals surface area contributed by atoms with Gasteiger partial charge >= 0.3 is 6.09 Å². The van der Waals surface area contributed by atoms with Gasteiger partial charge in [0, 0.05) is 19.0 Å². The van der Waals surface area contributed by atoms with E-state index in [4.69, 9.17) is 14.2 Å². The third kappa shape index (κ3) is 8.91. The highest BCUT2D eigenvalue weighted by Gasteiger charge is 2.32. The molecular formula is C17H34BrNO4. The van der Waals surface area contributed by atoms with E-state index in [1.807, 2.05) is 34.6 Å². The molecule has 0 heterocycles. The van der Waals surface area contributed by atoms with E-state index < -0.39 is 11.2 Å². The van der Waals surface area contributed by atoms with E-state index in [-0.39, 0.29) is 12.2 Å². The molecule has 0 aliphatic rings. The van der Waals surface area contributed by atoms with Crippen molar-refractivity contribution < 1.29 is 19.0 Å². The number of amides is 1. The second-order valence-electron chi connectivity index (χ2n) is 7.41. The van der Waals surface area contributed by atoms with E-state index in [0.717, 1.165) is 0 Å². The first-order valence-electron chi connectivity index (χ1n) is 8.18. The number of rotatable bonds is 9. The number of ether oxygens (including phenoxy) is 3. The van der Waals surface area contributed by atoms with E-state index >= 15 is 0 Å². The monoisotopic (exact) mass is 395 g/mol. The number of carbonyl (C=O) groups excluding carboxylic acids is 1. The number of methoxy groups -OCH3 is 1. The lowest BCUT2D eigenvalue weighted by Gasteiger charge is -2.36. The molecule has 0 aromatic heterocycles. The molecule has 0 fully saturated rings. The number of likely N-dealkylation sites (N-methyl/N-ethyl adjacent to an activating group) is 1. The molecule has 0 aliphatic carbocycles. The van der Waals surface area contributed by atoms with Crippen LogP contribution in [0.4, 0.5) is 4.79 Å². The van der Waals surface area contributed by atoms with E-state index in [1.165, 1.54) is 0 Å². The van der Waals surface area contributed by atoms with Gasteiger partial charge in [-0.25, -0.2) is 4.79 Å². The van der Waals surface area contributed by atoms with Gasteiger partial charge in [-0.15, -0.1) is 0 Å². The van der Waals surface area contributed by atoms with Crippen molar-refractivity contribution in [1.29, 1.82) is 0 Å². The molecule has 0 saturated carbocycles. The molecule has 0 spiro atoms. The highest BCUT2D eigenvalue weighted by molar-refractivity contribution is 9.09. The predicted molar refractivity (Wildman–Crippen MR) is 97.3 cm³/mol. The fraction of sp³-hybridized carbons (Fsp3) is 0.941. The molecule has 0 aliphatic heterocycles. The Morgan fingerprint density at radius 1 is 1.22 bits per heavy atom. The van der Waals surface area contributed by atoms with E-state index in [1.54, 1.807) is 12.0 Å². The predicted octanol–water partition coefficient (Wildman–Crippen LogP) is 4.08. The van der Waals surface area contributed by atoms with Gasteiger partial charge in [-0.2, -0.15) is 0 Å². The summed E-state index contributed by atoms with van der Waals surface area (Å²) in [6.45, 7) is 15.2. The number of nitrogens with zero attached hydrogens (tertiary/aromatic N) is 1. The summed E-state index contributed by atoms with van der Waals surface area (Å²) in [5.74, 6) is 0.368. The second-order valence-corrected chi connectivity index (χ2v) is 7.97. The maximum Gasteiger partial charge on any atom is 0.410 e. The average molecular weight is 396 g/mol. The minimum atomic E-state index is -0.505. The molecule has 0 aromatic rings. The zero-order valence-electron chi connectivity index (χ0n) is 15.9. The molecule has 0 rings (SSSR count). The lowest BCUT2D eigenvalue weighted by Crippen LogP contribution is -2.49. The van der Waals surface area contributed by atoms with Crippen LogP contribution >= 0.6 is 15.9 Å². The smallest absolute Gasteiger partial charge is 0.410 e. The van der Waals surface area contributed by atoms with Crippen molar-refractivity contribution in [2.24, 2.45) is 5.92 Å². The quantitative estimate of drug-likeness (QED) is 0.551. The Balaban J connectivity index is 4.82. The minimum Gasteiger partial charge on any atom is -0.444 e. The number of carbonyl (C=O) groups is 1. The van der Waals surface area contributed by atoms with Gasteiger partial charge in [0.1, 0.15) is 5.60 Å². The summed E-state index contributed by atoms with van der Waals surface area (Å²) in [5, 5.41) is 0.619. The fourth-order valence-electron chi connectivity index (χ4n) is 1.98. The largest absolute Gasteiger partial charge is 0.444 e. The van der Waals surface area contributed by atoms with Crippen molar-refractivity contribution in [2.75, 3.05) is 32.1 Å². The van der Waals surface area contributed by atoms with Crippen molar-refractivity contribution in [3.05, 3.63) is 0 Å². The SMILES string of the molecule is CCN(CC(C)(CBr)OCC(OC)C(C)C)C(=O)OC(C)(C)C. The molecular weight excluding hydrogens is 362 g/mol. The first-order valence-corrected chi connectivity index (χ1v) is 9.30. The van der Waals surface area contributed by atoms with Crippen LogP contribution in [0.25, 0.3) is 0 Å². The molecule has 5 nitrogen and oxygen atoms in total. The Kier molecular flexibility index (Phi) is 9.70. The average Bonchev–Trinajstić information content (AvgIpc) is 2.43. The highest BCUT2D eigenvalue weighted by atomic mass is 79.9. The molecule has 0 radical (unpaired) electrons. The maximum absolute atomic E-state index is 12.3. The first-order chi connectivity index (χ1) is 10.5. The molecule has 0 saturated heterocycles. The summed E-state index contributed by atoms with van der Waals surface area (Å²) in [4.78, 5) is 14.0. The van der Waals surface area contributed by atoms with Gasteiger partial charge in [0.05, 0.1) is 24.9 Å². The van der Waals surface area contributed by atoms with Crippen LogP contribution in [0.2, 0.25) is 0 Å². The summed E-state index contributed by atoms with van der Waals surface area (Å²) in [7, 11) is 1.69. The van der Waals surface area contributed by atoms with E-state index in [2.05, 4.69) is 29.8 Å². The zero-order chi connectivity index (χ0) is 18.3. The Hall–Kier alpha value is -0.330. The van der Waals surface area contributed by atoms with E-state index in [0.29, 0.717) is 30.9 Å². The van der Waals surface area contributed by atoms with Crippen LogP contribution < -0.4 is 0 Å². The van der Waals surface area contributed by atoms with Crippen LogP contribution in [0.15, 0.2) is 0 Å². The standard InChI is InChI=1S/C17H34BrNO4/c1-9-19(15(20)23-16(4,5)6)12-17(7,11-18)22-10-14(21-8)13(2)3/h13-14H,9-12H2,1-8H3. The van der Waals surface area contributed by atoms with Gasteiger partial charge in [0.25, 0.3) is 0 Å². The van der Waals surface area contributed by atoms with Gasteiger partial charge in [-0.05, 0) is 40.5 Å². The molecule has 23 heavy (non-hydrogen) atoms. The van der Waals surface area contributed by atoms with Crippen LogP contribution in [0.1, 0.15) is 48.5 Å². The first kappa shape index (κ1) is 22.7. The Bertz CT molecular complexity index is 357. The van der Waals surface area contributed by atoms with Crippen LogP contribution in [-0.4, -0.2) is 60.4 Å². The highest BCUT2D eigenvalue weighted by Crippen LogP contribution is 2.20. The molecule has 0 aromatic carbocycles. The zero-order valence-corrected chi connectivity index (χ0v) is 17.5. The van der Waals surface area contributed by atoms with Crippen LogP contribution in [0, 0.1) is 5.92 Å². The molecule has 0 bridgehead atoms. The number of hydrogen-bond acceptors (Lipinski definition) is 4. The van der Waals surface area contributed by atoms with Gasteiger partial charge in [-0.3, -0.25) is 0 Å². The van der Waals surface area contributed by atoms with E-state index in [9.17, 15) is 4.79 Å². The summed E-state index contributed by atoms with van der Waals surface area (Å²) < 4.78 is 17.0. The Labute approximate surface area is 150 Å². The normalized spacial score (nSPS) is 16.1. The summed E-state index contributed by atoms with van der Waals surface area (Å²) in [6, 6.07) is 0. The second kappa shape index (κ2) is 9.84. The van der Waals surface area contributed by atoms with Gasteiger partial charge in [0.15, 0.2) is 0 Å². The maximum atomic E-state index is 12.3. The van der Waals surface area contributed by atoms with Crippen molar-refractivity contribution >= 4 is 22.0 Å². The van der Waals surface area contributed by atoms with Crippen molar-refractivity contribution in [1.82, 2.24) is 4.90 Å². The molecule has 6 heteroatoms. The van der Waals surface area contributed by atoms with Crippen molar-refractivity contribution in [2.45, 2.75) is 65.8 Å². The number of alkyl halides is 1. The van der Waals surface area contributed by atoms with Gasteiger partial charge in [-0.1, -0.05) is 29.8 Å². The number of hydrogen-bond donors (Lipinski definition) is 0. The van der Waals surface area contributed by atoms with Crippen molar-refractivity contribution in [3.8, 4) is 0 Å². The van der Waals surface area contributed by atoms with Crippen LogP contribution in [-0.2, 0) is 14.2 Å². The molecule has 2 unspecified atom stereocenters. The van der Waals surface area contributed by atoms with Crippen LogP contribution in [0.5, 0.6) is 0 Å². The lowest BCUT2D eigenvalue weighted by molar-refractivity contribution is -0.0900.